The SMILES string of the molecule is Cc1ncc(NC(=O)c2cccc(C(F)(F)F)c2)cc1-c1cnc(N(C=O)CCO)c(C2(C)CCOCCC2C)c1. The van der Waals surface area contributed by atoms with Gasteiger partial charge in [-0.3, -0.25) is 19.5 Å². The lowest BCUT2D eigenvalue weighted by molar-refractivity contribution is -0.137. The van der Waals surface area contributed by atoms with Gasteiger partial charge in [0.2, 0.25) is 6.41 Å². The first-order valence-electron chi connectivity index (χ1n) is 13.3. The summed E-state index contributed by atoms with van der Waals surface area (Å²) in [5.41, 5.74) is 1.68. The number of carbonyl (C=O) groups excluding carboxylic acids is 2. The van der Waals surface area contributed by atoms with Crippen molar-refractivity contribution in [3.63, 3.8) is 0 Å². The van der Waals surface area contributed by atoms with Gasteiger partial charge in [-0.05, 0) is 56.0 Å². The highest BCUT2D eigenvalue weighted by Crippen LogP contribution is 2.44. The molecule has 218 valence electrons. The highest BCUT2D eigenvalue weighted by Gasteiger charge is 2.38. The molecule has 0 spiro atoms. The molecule has 2 unspecified atom stereocenters. The standard InChI is InChI=1S/C30H33F3N4O4/c1-19-7-11-41-12-8-29(19,3)26-14-22(16-35-27(26)37(18-39)9-10-38)25-15-24(17-34-20(25)2)36-28(40)21-5-4-6-23(13-21)30(31,32)33/h4-6,13-19,38H,7-12H2,1-3H3,(H,36,40). The molecule has 2 N–H and O–H groups in total. The average Bonchev–Trinajstić information content (AvgIpc) is 3.13. The topological polar surface area (TPSA) is 105 Å². The van der Waals surface area contributed by atoms with Gasteiger partial charge in [0.15, 0.2) is 0 Å². The van der Waals surface area contributed by atoms with Crippen LogP contribution in [-0.4, -0.2) is 53.8 Å². The van der Waals surface area contributed by atoms with E-state index in [1.807, 2.05) is 6.07 Å². The Balaban J connectivity index is 1.74. The Hall–Kier alpha value is -3.83. The van der Waals surface area contributed by atoms with Crippen molar-refractivity contribution in [2.24, 2.45) is 5.92 Å². The van der Waals surface area contributed by atoms with Gasteiger partial charge in [-0.2, -0.15) is 13.2 Å². The van der Waals surface area contributed by atoms with Gasteiger partial charge in [0, 0.05) is 52.8 Å². The van der Waals surface area contributed by atoms with Crippen molar-refractivity contribution >= 4 is 23.8 Å². The smallest absolute Gasteiger partial charge is 0.395 e. The highest BCUT2D eigenvalue weighted by atomic mass is 19.4. The summed E-state index contributed by atoms with van der Waals surface area (Å²) in [5, 5.41) is 12.2. The molecule has 2 atom stereocenters. The van der Waals surface area contributed by atoms with Crippen molar-refractivity contribution in [3.8, 4) is 11.1 Å². The fourth-order valence-electron chi connectivity index (χ4n) is 5.12. The van der Waals surface area contributed by atoms with Crippen LogP contribution in [-0.2, 0) is 21.1 Å². The third-order valence-electron chi connectivity index (χ3n) is 7.88. The van der Waals surface area contributed by atoms with Gasteiger partial charge in [-0.15, -0.1) is 0 Å². The van der Waals surface area contributed by atoms with Gasteiger partial charge in [-0.1, -0.05) is 19.9 Å². The lowest BCUT2D eigenvalue weighted by Crippen LogP contribution is -2.35. The lowest BCUT2D eigenvalue weighted by atomic mass is 9.69. The first-order valence-corrected chi connectivity index (χ1v) is 13.3. The molecule has 2 amide bonds. The van der Waals surface area contributed by atoms with Crippen molar-refractivity contribution in [2.45, 2.75) is 45.2 Å². The number of anilines is 2. The number of aryl methyl sites for hydroxylation is 1. The quantitative estimate of drug-likeness (QED) is 0.353. The fourth-order valence-corrected chi connectivity index (χ4v) is 5.12. The number of pyridine rings is 2. The summed E-state index contributed by atoms with van der Waals surface area (Å²) < 4.78 is 45.2. The maximum Gasteiger partial charge on any atom is 0.416 e. The normalized spacial score (nSPS) is 19.3. The molecular weight excluding hydrogens is 537 g/mol. The predicted octanol–water partition coefficient (Wildman–Crippen LogP) is 5.38. The first kappa shape index (κ1) is 30.1. The number of hydrogen-bond donors (Lipinski definition) is 2. The number of nitrogens with zero attached hydrogens (tertiary/aromatic N) is 3. The number of benzene rings is 1. The third-order valence-corrected chi connectivity index (χ3v) is 7.88. The number of carbonyl (C=O) groups is 2. The van der Waals surface area contributed by atoms with Crippen LogP contribution in [0.2, 0.25) is 0 Å². The molecule has 0 radical (unpaired) electrons. The summed E-state index contributed by atoms with van der Waals surface area (Å²) in [7, 11) is 0. The number of hydrogen-bond acceptors (Lipinski definition) is 6. The fraction of sp³-hybridized carbons (Fsp3) is 0.400. The zero-order valence-corrected chi connectivity index (χ0v) is 23.2. The number of amides is 2. The average molecular weight is 571 g/mol. The number of aliphatic hydroxyl groups is 1. The number of aromatic nitrogens is 2. The molecule has 3 aromatic rings. The molecule has 8 nitrogen and oxygen atoms in total. The van der Waals surface area contributed by atoms with Crippen molar-refractivity contribution in [2.75, 3.05) is 36.6 Å². The van der Waals surface area contributed by atoms with E-state index in [9.17, 15) is 27.9 Å². The largest absolute Gasteiger partial charge is 0.416 e. The summed E-state index contributed by atoms with van der Waals surface area (Å²) in [6, 6.07) is 7.86. The molecule has 1 aromatic carbocycles. The predicted molar refractivity (Wildman–Crippen MR) is 149 cm³/mol. The molecular formula is C30H33F3N4O4. The Labute approximate surface area is 236 Å². The zero-order valence-electron chi connectivity index (χ0n) is 23.2. The molecule has 4 rings (SSSR count). The van der Waals surface area contributed by atoms with Crippen LogP contribution in [0.25, 0.3) is 11.1 Å². The lowest BCUT2D eigenvalue weighted by Gasteiger charge is -2.37. The number of rotatable bonds is 8. The second kappa shape index (κ2) is 12.4. The molecule has 11 heteroatoms. The first-order chi connectivity index (χ1) is 19.5. The molecule has 1 saturated heterocycles. The van der Waals surface area contributed by atoms with Crippen LogP contribution < -0.4 is 10.2 Å². The maximum atomic E-state index is 13.1. The van der Waals surface area contributed by atoms with Gasteiger partial charge in [0.25, 0.3) is 5.91 Å². The molecule has 1 fully saturated rings. The van der Waals surface area contributed by atoms with E-state index < -0.39 is 23.1 Å². The van der Waals surface area contributed by atoms with Crippen LogP contribution in [0, 0.1) is 12.8 Å². The van der Waals surface area contributed by atoms with E-state index in [1.54, 1.807) is 19.2 Å². The van der Waals surface area contributed by atoms with Crippen LogP contribution in [0.1, 0.15) is 53.9 Å². The third kappa shape index (κ3) is 6.57. The van der Waals surface area contributed by atoms with Crippen molar-refractivity contribution < 1.29 is 32.6 Å². The Kier molecular flexibility index (Phi) is 9.08. The summed E-state index contributed by atoms with van der Waals surface area (Å²) in [5.74, 6) is -0.0540. The summed E-state index contributed by atoms with van der Waals surface area (Å²) in [6.07, 6.45) is 0.645. The number of aliphatic hydroxyl groups excluding tert-OH is 1. The van der Waals surface area contributed by atoms with Crippen LogP contribution in [0.3, 0.4) is 0 Å². The number of ether oxygens (including phenoxy) is 1. The minimum atomic E-state index is -4.57. The molecule has 1 aliphatic heterocycles. The van der Waals surface area contributed by atoms with Gasteiger partial charge >= 0.3 is 6.18 Å². The molecule has 2 aromatic heterocycles. The number of nitrogens with one attached hydrogen (secondary N) is 1. The Morgan fingerprint density at radius 1 is 1.22 bits per heavy atom. The summed E-state index contributed by atoms with van der Waals surface area (Å²) >= 11 is 0. The Morgan fingerprint density at radius 2 is 2.00 bits per heavy atom. The monoisotopic (exact) mass is 570 g/mol. The second-order valence-electron chi connectivity index (χ2n) is 10.5. The number of halogens is 3. The molecule has 0 saturated carbocycles. The molecule has 0 bridgehead atoms. The van der Waals surface area contributed by atoms with E-state index in [1.165, 1.54) is 23.2 Å². The van der Waals surface area contributed by atoms with Crippen LogP contribution in [0.4, 0.5) is 24.7 Å². The Bertz CT molecular complexity index is 1410. The van der Waals surface area contributed by atoms with E-state index >= 15 is 0 Å². The Morgan fingerprint density at radius 3 is 2.71 bits per heavy atom. The molecule has 0 aliphatic carbocycles. The maximum absolute atomic E-state index is 13.1. The van der Waals surface area contributed by atoms with Crippen molar-refractivity contribution in [1.82, 2.24) is 9.97 Å². The number of alkyl halides is 3. The molecule has 41 heavy (non-hydrogen) atoms. The van der Waals surface area contributed by atoms with Crippen molar-refractivity contribution in [1.29, 1.82) is 0 Å². The zero-order chi connectivity index (χ0) is 29.8. The van der Waals surface area contributed by atoms with Crippen LogP contribution in [0.15, 0.2) is 48.8 Å². The van der Waals surface area contributed by atoms with E-state index in [-0.39, 0.29) is 24.6 Å². The van der Waals surface area contributed by atoms with E-state index in [4.69, 9.17) is 4.74 Å². The summed E-state index contributed by atoms with van der Waals surface area (Å²) in [6.45, 7) is 7.09. The van der Waals surface area contributed by atoms with Gasteiger partial charge in [0.1, 0.15) is 5.82 Å². The van der Waals surface area contributed by atoms with E-state index in [0.717, 1.165) is 24.1 Å². The van der Waals surface area contributed by atoms with Crippen LogP contribution in [0.5, 0.6) is 0 Å². The van der Waals surface area contributed by atoms with E-state index in [0.29, 0.717) is 54.4 Å². The van der Waals surface area contributed by atoms with E-state index in [2.05, 4.69) is 29.1 Å². The van der Waals surface area contributed by atoms with Gasteiger partial charge in [0.05, 0.1) is 30.6 Å². The van der Waals surface area contributed by atoms with Gasteiger partial charge in [-0.25, -0.2) is 4.98 Å². The minimum Gasteiger partial charge on any atom is -0.395 e. The van der Waals surface area contributed by atoms with Crippen molar-refractivity contribution in [3.05, 3.63) is 71.2 Å². The molecule has 1 aliphatic rings. The second-order valence-corrected chi connectivity index (χ2v) is 10.5. The molecule has 3 heterocycles. The minimum absolute atomic E-state index is 0.0848. The van der Waals surface area contributed by atoms with Gasteiger partial charge < -0.3 is 15.2 Å². The van der Waals surface area contributed by atoms with Crippen LogP contribution >= 0.6 is 0 Å². The summed E-state index contributed by atoms with van der Waals surface area (Å²) in [4.78, 5) is 35.3. The highest BCUT2D eigenvalue weighted by molar-refractivity contribution is 6.04.